The quantitative estimate of drug-likeness (QED) is 0.565. The number of nitrogens with zero attached hydrogens (tertiary/aromatic N) is 4. The van der Waals surface area contributed by atoms with Gasteiger partial charge in [-0.2, -0.15) is 0 Å². The molecule has 5 nitrogen and oxygen atoms in total. The molecular formula is C14H19N5S2. The van der Waals surface area contributed by atoms with E-state index < -0.39 is 0 Å². The molecule has 1 N–H and O–H groups in total. The Morgan fingerprint density at radius 3 is 2.76 bits per heavy atom. The summed E-state index contributed by atoms with van der Waals surface area (Å²) in [6, 6.07) is 11.2. The Bertz CT molecular complexity index is 541. The first kappa shape index (κ1) is 14.9. The highest BCUT2D eigenvalue weighted by molar-refractivity contribution is 8.02. The molecule has 1 aliphatic carbocycles. The average Bonchev–Trinajstić information content (AvgIpc) is 3.23. The summed E-state index contributed by atoms with van der Waals surface area (Å²) in [6.45, 7) is 1.79. The van der Waals surface area contributed by atoms with Crippen molar-refractivity contribution in [3.8, 4) is 0 Å². The van der Waals surface area contributed by atoms with Crippen LogP contribution in [0.5, 0.6) is 0 Å². The van der Waals surface area contributed by atoms with Crippen molar-refractivity contribution in [1.29, 1.82) is 0 Å². The highest BCUT2D eigenvalue weighted by Gasteiger charge is 2.20. The van der Waals surface area contributed by atoms with E-state index in [1.165, 1.54) is 17.7 Å². The van der Waals surface area contributed by atoms with Crippen LogP contribution < -0.4 is 5.32 Å². The highest BCUT2D eigenvalue weighted by Crippen LogP contribution is 2.21. The maximum Gasteiger partial charge on any atom is 0.209 e. The van der Waals surface area contributed by atoms with Gasteiger partial charge in [0.2, 0.25) is 5.16 Å². The minimum absolute atomic E-state index is 0.736. The van der Waals surface area contributed by atoms with E-state index in [9.17, 15) is 0 Å². The van der Waals surface area contributed by atoms with E-state index in [-0.39, 0.29) is 0 Å². The SMILES string of the molecule is c1ccc(SCCSc2nnnn2CCNC2CC2)cc1. The fourth-order valence-corrected chi connectivity index (χ4v) is 3.72. The molecule has 1 aromatic heterocycles. The van der Waals surface area contributed by atoms with Gasteiger partial charge in [-0.25, -0.2) is 4.68 Å². The normalized spacial score (nSPS) is 14.5. The monoisotopic (exact) mass is 321 g/mol. The number of benzene rings is 1. The largest absolute Gasteiger partial charge is 0.312 e. The van der Waals surface area contributed by atoms with Crippen LogP contribution in [0.25, 0.3) is 0 Å². The van der Waals surface area contributed by atoms with Gasteiger partial charge in [-0.05, 0) is 35.4 Å². The van der Waals surface area contributed by atoms with Gasteiger partial charge in [0.1, 0.15) is 0 Å². The van der Waals surface area contributed by atoms with Crippen molar-refractivity contribution < 1.29 is 0 Å². The molecule has 0 bridgehead atoms. The van der Waals surface area contributed by atoms with Crippen molar-refractivity contribution in [1.82, 2.24) is 25.5 Å². The lowest BCUT2D eigenvalue weighted by atomic mass is 10.4. The third-order valence-electron chi connectivity index (χ3n) is 3.16. The smallest absolute Gasteiger partial charge is 0.209 e. The second-order valence-corrected chi connectivity index (χ2v) is 7.15. The Labute approximate surface area is 133 Å². The summed E-state index contributed by atoms with van der Waals surface area (Å²) in [5.74, 6) is 2.07. The summed E-state index contributed by atoms with van der Waals surface area (Å²) in [5, 5.41) is 16.3. The molecule has 0 atom stereocenters. The Kier molecular flexibility index (Phi) is 5.53. The predicted molar refractivity (Wildman–Crippen MR) is 86.7 cm³/mol. The summed E-state index contributed by atoms with van der Waals surface area (Å²) in [7, 11) is 0. The number of hydrogen-bond acceptors (Lipinski definition) is 6. The fourth-order valence-electron chi connectivity index (χ4n) is 1.91. The Morgan fingerprint density at radius 1 is 1.14 bits per heavy atom. The maximum atomic E-state index is 4.10. The summed E-state index contributed by atoms with van der Waals surface area (Å²) in [5.41, 5.74) is 0. The van der Waals surface area contributed by atoms with E-state index >= 15 is 0 Å². The third-order valence-corrected chi connectivity index (χ3v) is 5.39. The highest BCUT2D eigenvalue weighted by atomic mass is 32.2. The maximum absolute atomic E-state index is 4.10. The first-order valence-corrected chi connectivity index (χ1v) is 9.19. The van der Waals surface area contributed by atoms with Crippen LogP contribution in [0.1, 0.15) is 12.8 Å². The zero-order chi connectivity index (χ0) is 14.3. The minimum Gasteiger partial charge on any atom is -0.312 e. The number of nitrogens with one attached hydrogen (secondary N) is 1. The molecule has 1 fully saturated rings. The molecule has 1 aliphatic rings. The van der Waals surface area contributed by atoms with E-state index in [4.69, 9.17) is 0 Å². The van der Waals surface area contributed by atoms with Crippen molar-refractivity contribution in [2.24, 2.45) is 0 Å². The lowest BCUT2D eigenvalue weighted by molar-refractivity contribution is 0.510. The summed E-state index contributed by atoms with van der Waals surface area (Å²) >= 11 is 3.59. The molecule has 1 saturated carbocycles. The summed E-state index contributed by atoms with van der Waals surface area (Å²) in [4.78, 5) is 1.31. The van der Waals surface area contributed by atoms with Crippen molar-refractivity contribution in [3.63, 3.8) is 0 Å². The lowest BCUT2D eigenvalue weighted by Crippen LogP contribution is -2.22. The topological polar surface area (TPSA) is 55.6 Å². The Hall–Kier alpha value is -1.05. The van der Waals surface area contributed by atoms with E-state index in [2.05, 4.69) is 45.1 Å². The predicted octanol–water partition coefficient (Wildman–Crippen LogP) is 2.31. The van der Waals surface area contributed by atoms with Crippen LogP contribution in [0, 0.1) is 0 Å². The van der Waals surface area contributed by atoms with Crippen LogP contribution in [0.4, 0.5) is 0 Å². The van der Waals surface area contributed by atoms with Gasteiger partial charge < -0.3 is 5.32 Å². The Balaban J connectivity index is 1.37. The number of rotatable bonds is 9. The first-order valence-electron chi connectivity index (χ1n) is 7.22. The molecule has 2 aromatic rings. The van der Waals surface area contributed by atoms with E-state index in [1.54, 1.807) is 11.8 Å². The molecule has 0 unspecified atom stereocenters. The van der Waals surface area contributed by atoms with Gasteiger partial charge in [0.15, 0.2) is 0 Å². The van der Waals surface area contributed by atoms with Gasteiger partial charge in [0.05, 0.1) is 6.54 Å². The van der Waals surface area contributed by atoms with Gasteiger partial charge in [-0.3, -0.25) is 0 Å². The van der Waals surface area contributed by atoms with E-state index in [0.29, 0.717) is 0 Å². The van der Waals surface area contributed by atoms with Crippen LogP contribution in [-0.2, 0) is 6.54 Å². The van der Waals surface area contributed by atoms with Gasteiger partial charge in [0, 0.05) is 29.0 Å². The molecule has 0 amide bonds. The van der Waals surface area contributed by atoms with Crippen LogP contribution in [-0.4, -0.2) is 44.3 Å². The first-order chi connectivity index (χ1) is 10.4. The molecule has 21 heavy (non-hydrogen) atoms. The number of tetrazole rings is 1. The average molecular weight is 321 g/mol. The zero-order valence-electron chi connectivity index (χ0n) is 11.8. The number of aromatic nitrogens is 4. The molecule has 0 spiro atoms. The van der Waals surface area contributed by atoms with E-state index in [1.807, 2.05) is 22.5 Å². The van der Waals surface area contributed by atoms with Gasteiger partial charge in [0.25, 0.3) is 0 Å². The molecule has 0 aliphatic heterocycles. The van der Waals surface area contributed by atoms with Crippen molar-refractivity contribution >= 4 is 23.5 Å². The molecule has 1 aromatic carbocycles. The lowest BCUT2D eigenvalue weighted by Gasteiger charge is -2.05. The second-order valence-electron chi connectivity index (χ2n) is 4.92. The molecule has 112 valence electrons. The van der Waals surface area contributed by atoms with Crippen LogP contribution >= 0.6 is 23.5 Å². The van der Waals surface area contributed by atoms with Gasteiger partial charge in [-0.15, -0.1) is 16.9 Å². The molecule has 7 heteroatoms. The van der Waals surface area contributed by atoms with Crippen LogP contribution in [0.3, 0.4) is 0 Å². The molecule has 0 saturated heterocycles. The molecule has 3 rings (SSSR count). The molecule has 0 radical (unpaired) electrons. The Morgan fingerprint density at radius 2 is 1.95 bits per heavy atom. The van der Waals surface area contributed by atoms with Crippen molar-refractivity contribution in [2.75, 3.05) is 18.1 Å². The van der Waals surface area contributed by atoms with Crippen LogP contribution in [0.15, 0.2) is 40.4 Å². The summed E-state index contributed by atoms with van der Waals surface area (Å²) < 4.78 is 1.90. The van der Waals surface area contributed by atoms with E-state index in [0.717, 1.165) is 35.8 Å². The van der Waals surface area contributed by atoms with Gasteiger partial charge in [-0.1, -0.05) is 30.0 Å². The second kappa shape index (κ2) is 7.82. The zero-order valence-corrected chi connectivity index (χ0v) is 13.4. The number of hydrogen-bond donors (Lipinski definition) is 1. The number of thioether (sulfide) groups is 2. The molecule has 1 heterocycles. The third kappa shape index (κ3) is 5.01. The summed E-state index contributed by atoms with van der Waals surface area (Å²) in [6.07, 6.45) is 2.63. The fraction of sp³-hybridized carbons (Fsp3) is 0.500. The molecular weight excluding hydrogens is 302 g/mol. The minimum atomic E-state index is 0.736. The van der Waals surface area contributed by atoms with Gasteiger partial charge >= 0.3 is 0 Å². The van der Waals surface area contributed by atoms with Crippen molar-refractivity contribution in [3.05, 3.63) is 30.3 Å². The van der Waals surface area contributed by atoms with Crippen LogP contribution in [0.2, 0.25) is 0 Å². The van der Waals surface area contributed by atoms with Crippen molar-refractivity contribution in [2.45, 2.75) is 35.5 Å². The standard InChI is InChI=1S/C14H19N5S2/c1-2-4-13(5-3-1)20-10-11-21-14-16-17-18-19(14)9-8-15-12-6-7-12/h1-5,12,15H,6-11H2.